The van der Waals surface area contributed by atoms with E-state index in [-0.39, 0.29) is 34.8 Å². The summed E-state index contributed by atoms with van der Waals surface area (Å²) in [7, 11) is 0. The third-order valence-electron chi connectivity index (χ3n) is 4.06. The number of fused-ring (bicyclic) bond motifs is 1. The van der Waals surface area contributed by atoms with Crippen LogP contribution in [0.5, 0.6) is 0 Å². The molecule has 0 spiro atoms. The summed E-state index contributed by atoms with van der Waals surface area (Å²) >= 11 is 2.44. The summed E-state index contributed by atoms with van der Waals surface area (Å²) in [5, 5.41) is 19.4. The number of carboxylic acids is 1. The highest BCUT2D eigenvalue weighted by atomic mass is 32.2. The Balaban J connectivity index is 1.76. The van der Waals surface area contributed by atoms with Crippen LogP contribution in [0.2, 0.25) is 0 Å². The first-order chi connectivity index (χ1) is 14.3. The van der Waals surface area contributed by atoms with Crippen molar-refractivity contribution in [3.8, 4) is 0 Å². The Morgan fingerprint density at radius 1 is 1.50 bits per heavy atom. The van der Waals surface area contributed by atoms with Crippen LogP contribution in [0, 0.1) is 5.92 Å². The van der Waals surface area contributed by atoms with Gasteiger partial charge in [0.1, 0.15) is 29.4 Å². The number of aliphatic carboxylic acids is 1. The van der Waals surface area contributed by atoms with Gasteiger partial charge in [-0.15, -0.1) is 23.1 Å². The maximum Gasteiger partial charge on any atom is 0.352 e. The Morgan fingerprint density at radius 2 is 2.27 bits per heavy atom. The lowest BCUT2D eigenvalue weighted by Crippen LogP contribution is -2.70. The Kier molecular flexibility index (Phi) is 6.72. The molecule has 1 fully saturated rings. The topological polar surface area (TPSA) is 150 Å². The van der Waals surface area contributed by atoms with E-state index in [1.165, 1.54) is 23.2 Å². The van der Waals surface area contributed by atoms with E-state index in [4.69, 9.17) is 4.84 Å². The summed E-state index contributed by atoms with van der Waals surface area (Å²) in [6.45, 7) is 4.10. The van der Waals surface area contributed by atoms with Crippen LogP contribution in [0.1, 0.15) is 19.5 Å². The SMILES string of the molecule is CC(C)CON=C(C(=O)NC1C(=O)N2C(C(=O)O)=CCS[C@H]12)c1csc(NC=O)n1. The fraction of sp³-hybridized carbons (Fsp3) is 0.412. The zero-order chi connectivity index (χ0) is 21.8. The lowest BCUT2D eigenvalue weighted by Gasteiger charge is -2.48. The molecular formula is C17H19N5O6S2. The van der Waals surface area contributed by atoms with E-state index in [2.05, 4.69) is 20.8 Å². The van der Waals surface area contributed by atoms with Crippen molar-refractivity contribution in [1.29, 1.82) is 0 Å². The number of nitrogens with zero attached hydrogens (tertiary/aromatic N) is 3. The summed E-state index contributed by atoms with van der Waals surface area (Å²) in [5.41, 5.74) is -0.0592. The molecule has 160 valence electrons. The highest BCUT2D eigenvalue weighted by molar-refractivity contribution is 8.00. The van der Waals surface area contributed by atoms with Gasteiger partial charge in [-0.05, 0) is 12.0 Å². The summed E-state index contributed by atoms with van der Waals surface area (Å²) in [6, 6.07) is -0.896. The first-order valence-corrected chi connectivity index (χ1v) is 10.8. The van der Waals surface area contributed by atoms with E-state index in [0.29, 0.717) is 12.2 Å². The van der Waals surface area contributed by atoms with Gasteiger partial charge in [0.2, 0.25) is 6.41 Å². The van der Waals surface area contributed by atoms with Gasteiger partial charge in [0.25, 0.3) is 11.8 Å². The number of amides is 3. The summed E-state index contributed by atoms with van der Waals surface area (Å²) < 4.78 is 0. The summed E-state index contributed by atoms with van der Waals surface area (Å²) in [4.78, 5) is 57.7. The van der Waals surface area contributed by atoms with Crippen LogP contribution < -0.4 is 10.6 Å². The molecule has 3 heterocycles. The maximum atomic E-state index is 12.9. The van der Waals surface area contributed by atoms with Crippen molar-refractivity contribution < 1.29 is 29.1 Å². The first-order valence-electron chi connectivity index (χ1n) is 8.88. The average molecular weight is 454 g/mol. The number of aromatic nitrogens is 1. The monoisotopic (exact) mass is 453 g/mol. The van der Waals surface area contributed by atoms with Crippen LogP contribution in [-0.4, -0.2) is 68.7 Å². The number of carbonyl (C=O) groups is 4. The van der Waals surface area contributed by atoms with Gasteiger partial charge < -0.3 is 20.6 Å². The van der Waals surface area contributed by atoms with Gasteiger partial charge in [-0.25, -0.2) is 9.78 Å². The molecule has 30 heavy (non-hydrogen) atoms. The smallest absolute Gasteiger partial charge is 0.352 e. The molecule has 0 bridgehead atoms. The highest BCUT2D eigenvalue weighted by Gasteiger charge is 2.53. The van der Waals surface area contributed by atoms with Crippen LogP contribution >= 0.6 is 23.1 Å². The van der Waals surface area contributed by atoms with Crippen LogP contribution in [0.3, 0.4) is 0 Å². The number of nitrogens with one attached hydrogen (secondary N) is 2. The zero-order valence-electron chi connectivity index (χ0n) is 16.0. The molecule has 0 aromatic carbocycles. The third kappa shape index (κ3) is 4.46. The summed E-state index contributed by atoms with van der Waals surface area (Å²) in [6.07, 6.45) is 1.92. The van der Waals surface area contributed by atoms with Gasteiger partial charge in [0.15, 0.2) is 10.8 Å². The molecule has 11 nitrogen and oxygen atoms in total. The number of β-lactam (4-membered cyclic amide) rings is 1. The number of hydrogen-bond donors (Lipinski definition) is 3. The number of rotatable bonds is 9. The lowest BCUT2D eigenvalue weighted by molar-refractivity contribution is -0.150. The molecule has 3 rings (SSSR count). The van der Waals surface area contributed by atoms with Gasteiger partial charge in [-0.1, -0.05) is 19.0 Å². The Morgan fingerprint density at radius 3 is 2.93 bits per heavy atom. The molecule has 0 saturated carbocycles. The molecule has 1 saturated heterocycles. The second kappa shape index (κ2) is 9.26. The van der Waals surface area contributed by atoms with Crippen molar-refractivity contribution in [3.63, 3.8) is 0 Å². The number of hydrogen-bond acceptors (Lipinski definition) is 9. The molecule has 0 radical (unpaired) electrons. The number of thioether (sulfide) groups is 1. The molecule has 1 aromatic rings. The molecule has 3 N–H and O–H groups in total. The number of carbonyl (C=O) groups excluding carboxylic acids is 3. The predicted molar refractivity (Wildman–Crippen MR) is 110 cm³/mol. The van der Waals surface area contributed by atoms with Crippen LogP contribution in [-0.2, 0) is 24.0 Å². The number of carboxylic acid groups (broad SMARTS) is 1. The largest absolute Gasteiger partial charge is 0.477 e. The van der Waals surface area contributed by atoms with E-state index >= 15 is 0 Å². The van der Waals surface area contributed by atoms with E-state index in [0.717, 1.165) is 16.2 Å². The van der Waals surface area contributed by atoms with Crippen molar-refractivity contribution in [2.45, 2.75) is 25.3 Å². The van der Waals surface area contributed by atoms with Crippen molar-refractivity contribution >= 4 is 58.1 Å². The van der Waals surface area contributed by atoms with Crippen LogP contribution in [0.4, 0.5) is 5.13 Å². The molecule has 2 aliphatic rings. The van der Waals surface area contributed by atoms with Crippen molar-refractivity contribution in [1.82, 2.24) is 15.2 Å². The Bertz CT molecular complexity index is 927. The fourth-order valence-corrected chi connectivity index (χ4v) is 4.55. The van der Waals surface area contributed by atoms with Gasteiger partial charge in [0, 0.05) is 11.1 Å². The molecule has 1 aromatic heterocycles. The number of anilines is 1. The molecule has 0 aliphatic carbocycles. The van der Waals surface area contributed by atoms with Crippen molar-refractivity contribution in [2.24, 2.45) is 11.1 Å². The summed E-state index contributed by atoms with van der Waals surface area (Å²) in [5.74, 6) is -1.82. The van der Waals surface area contributed by atoms with Crippen molar-refractivity contribution in [3.05, 3.63) is 22.8 Å². The Hall–Kier alpha value is -2.93. The molecule has 3 amide bonds. The second-order valence-electron chi connectivity index (χ2n) is 6.71. The predicted octanol–water partition coefficient (Wildman–Crippen LogP) is 0.457. The quantitative estimate of drug-likeness (QED) is 0.211. The maximum absolute atomic E-state index is 12.9. The first kappa shape index (κ1) is 21.8. The molecule has 13 heteroatoms. The standard InChI is InChI=1S/C17H19N5O6S2/c1-8(2)5-28-21-11(9-6-30-17(19-9)18-7-23)13(24)20-12-14(25)22-10(16(26)27)3-4-29-15(12)22/h3,6-8,12,15H,4-5H2,1-2H3,(H,20,24)(H,26,27)(H,18,19,23)/t12?,15-/m1/s1. The fourth-order valence-electron chi connectivity index (χ4n) is 2.70. The highest BCUT2D eigenvalue weighted by Crippen LogP contribution is 2.37. The third-order valence-corrected chi connectivity index (χ3v) is 6.02. The van der Waals surface area contributed by atoms with E-state index in [9.17, 15) is 24.3 Å². The van der Waals surface area contributed by atoms with Crippen LogP contribution in [0.15, 0.2) is 22.3 Å². The number of thiazole rings is 1. The molecule has 1 unspecified atom stereocenters. The normalized spacial score (nSPS) is 20.8. The van der Waals surface area contributed by atoms with Gasteiger partial charge in [0.05, 0.1) is 0 Å². The average Bonchev–Trinajstić information content (AvgIpc) is 3.16. The van der Waals surface area contributed by atoms with E-state index in [1.807, 2.05) is 13.8 Å². The minimum Gasteiger partial charge on any atom is -0.477 e. The van der Waals surface area contributed by atoms with E-state index in [1.54, 1.807) is 0 Å². The van der Waals surface area contributed by atoms with Gasteiger partial charge in [-0.2, -0.15) is 0 Å². The molecule has 2 aliphatic heterocycles. The second-order valence-corrected chi connectivity index (χ2v) is 8.72. The number of oxime groups is 1. The van der Waals surface area contributed by atoms with E-state index < -0.39 is 29.2 Å². The van der Waals surface area contributed by atoms with Crippen molar-refractivity contribution in [2.75, 3.05) is 17.7 Å². The van der Waals surface area contributed by atoms with Gasteiger partial charge >= 0.3 is 5.97 Å². The Labute approximate surface area is 179 Å². The van der Waals surface area contributed by atoms with Crippen LogP contribution in [0.25, 0.3) is 0 Å². The zero-order valence-corrected chi connectivity index (χ0v) is 17.7. The van der Waals surface area contributed by atoms with Gasteiger partial charge in [-0.3, -0.25) is 19.3 Å². The minimum atomic E-state index is -1.19. The lowest BCUT2D eigenvalue weighted by atomic mass is 10.0. The molecular weight excluding hydrogens is 434 g/mol. The minimum absolute atomic E-state index is 0.0903. The molecule has 2 atom stereocenters.